The van der Waals surface area contributed by atoms with Crippen molar-refractivity contribution in [3.05, 3.63) is 60.5 Å². The molecule has 2 heterocycles. The molecule has 0 unspecified atom stereocenters. The van der Waals surface area contributed by atoms with Gasteiger partial charge in [-0.1, -0.05) is 41.6 Å². The number of amides is 2. The zero-order valence-electron chi connectivity index (χ0n) is 16.3. The van der Waals surface area contributed by atoms with Crippen molar-refractivity contribution in [3.63, 3.8) is 0 Å². The van der Waals surface area contributed by atoms with Crippen molar-refractivity contribution >= 4 is 11.7 Å². The summed E-state index contributed by atoms with van der Waals surface area (Å²) in [6.07, 6.45) is 0.693. The van der Waals surface area contributed by atoms with E-state index in [0.29, 0.717) is 36.1 Å². The highest BCUT2D eigenvalue weighted by Gasteiger charge is 2.35. The molecule has 0 radical (unpaired) electrons. The molecule has 0 spiro atoms. The molecule has 0 bridgehead atoms. The predicted octanol–water partition coefficient (Wildman–Crippen LogP) is 3.31. The minimum absolute atomic E-state index is 0.0253. The normalized spacial score (nSPS) is 19.1. The van der Waals surface area contributed by atoms with Crippen LogP contribution in [0.25, 0.3) is 11.4 Å². The number of nitrogens with one attached hydrogen (secondary N) is 2. The molecular weight excluding hydrogens is 370 g/mol. The Hall–Kier alpha value is -3.39. The summed E-state index contributed by atoms with van der Waals surface area (Å²) in [6.45, 7) is 0.694. The first-order chi connectivity index (χ1) is 14.1. The maximum absolute atomic E-state index is 12.4. The third-order valence-corrected chi connectivity index (χ3v) is 4.97. The third-order valence-electron chi connectivity index (χ3n) is 4.97. The maximum Gasteiger partial charge on any atom is 0.319 e. The van der Waals surface area contributed by atoms with Gasteiger partial charge in [0.2, 0.25) is 11.7 Å². The van der Waals surface area contributed by atoms with Crippen molar-refractivity contribution in [1.82, 2.24) is 20.4 Å². The Labute approximate surface area is 168 Å². The maximum atomic E-state index is 12.4. The average molecular weight is 393 g/mol. The van der Waals surface area contributed by atoms with E-state index >= 15 is 0 Å². The second-order valence-corrected chi connectivity index (χ2v) is 7.04. The molecule has 3 aromatic rings. The Morgan fingerprint density at radius 2 is 2.03 bits per heavy atom. The van der Waals surface area contributed by atoms with Crippen LogP contribution in [0.1, 0.15) is 18.4 Å². The van der Waals surface area contributed by atoms with E-state index < -0.39 is 0 Å². The van der Waals surface area contributed by atoms with E-state index in [9.17, 15) is 4.79 Å². The van der Waals surface area contributed by atoms with Gasteiger partial charge in [0, 0.05) is 29.9 Å². The number of rotatable bonds is 5. The second-order valence-electron chi connectivity index (χ2n) is 7.04. The number of benzene rings is 2. The van der Waals surface area contributed by atoms with Crippen molar-refractivity contribution in [1.29, 1.82) is 0 Å². The lowest BCUT2D eigenvalue weighted by atomic mass is 10.1. The molecule has 8 nitrogen and oxygen atoms in total. The molecule has 29 heavy (non-hydrogen) atoms. The Kier molecular flexibility index (Phi) is 5.44. The number of ether oxygens (including phenoxy) is 1. The zero-order valence-corrected chi connectivity index (χ0v) is 16.3. The van der Waals surface area contributed by atoms with Gasteiger partial charge in [0.15, 0.2) is 0 Å². The molecule has 4 rings (SSSR count). The minimum Gasteiger partial charge on any atom is -0.497 e. The molecule has 1 fully saturated rings. The molecule has 0 aliphatic carbocycles. The molecule has 1 aromatic heterocycles. The van der Waals surface area contributed by atoms with Gasteiger partial charge in [-0.3, -0.25) is 4.90 Å². The molecule has 8 heteroatoms. The summed E-state index contributed by atoms with van der Waals surface area (Å²) >= 11 is 0. The van der Waals surface area contributed by atoms with Gasteiger partial charge in [-0.2, -0.15) is 4.98 Å². The quantitative estimate of drug-likeness (QED) is 0.691. The van der Waals surface area contributed by atoms with Crippen LogP contribution < -0.4 is 15.4 Å². The zero-order chi connectivity index (χ0) is 20.2. The summed E-state index contributed by atoms with van der Waals surface area (Å²) in [5.41, 5.74) is 1.59. The summed E-state index contributed by atoms with van der Waals surface area (Å²) in [4.78, 5) is 19.0. The third kappa shape index (κ3) is 4.38. The molecule has 150 valence electrons. The number of nitrogens with zero attached hydrogens (tertiary/aromatic N) is 3. The van der Waals surface area contributed by atoms with E-state index in [1.165, 1.54) is 0 Å². The number of likely N-dealkylation sites (N-methyl/N-ethyl adjacent to an activating group) is 1. The number of hydrogen-bond donors (Lipinski definition) is 2. The molecule has 2 N–H and O–H groups in total. The fraction of sp³-hybridized carbons (Fsp3) is 0.286. The molecule has 1 aliphatic heterocycles. The number of anilines is 1. The summed E-state index contributed by atoms with van der Waals surface area (Å²) in [5, 5.41) is 9.95. The lowest BCUT2D eigenvalue weighted by molar-refractivity contribution is 0.243. The first-order valence-corrected chi connectivity index (χ1v) is 9.43. The van der Waals surface area contributed by atoms with Crippen LogP contribution in [0.3, 0.4) is 0 Å². The summed E-state index contributed by atoms with van der Waals surface area (Å²) < 4.78 is 10.7. The first kappa shape index (κ1) is 18.9. The molecule has 2 amide bonds. The molecular formula is C21H23N5O3. The van der Waals surface area contributed by atoms with Crippen molar-refractivity contribution in [2.24, 2.45) is 0 Å². The highest BCUT2D eigenvalue weighted by atomic mass is 16.5. The van der Waals surface area contributed by atoms with Crippen molar-refractivity contribution in [2.75, 3.05) is 26.0 Å². The smallest absolute Gasteiger partial charge is 0.319 e. The Balaban J connectivity index is 1.37. The number of urea groups is 1. The lowest BCUT2D eigenvalue weighted by Gasteiger charge is -2.14. The predicted molar refractivity (Wildman–Crippen MR) is 109 cm³/mol. The Morgan fingerprint density at radius 1 is 1.21 bits per heavy atom. The topological polar surface area (TPSA) is 92.5 Å². The van der Waals surface area contributed by atoms with Gasteiger partial charge < -0.3 is 19.9 Å². The molecule has 2 atom stereocenters. The van der Waals surface area contributed by atoms with E-state index in [2.05, 4.69) is 25.7 Å². The van der Waals surface area contributed by atoms with Crippen LogP contribution in [0.5, 0.6) is 5.75 Å². The highest BCUT2D eigenvalue weighted by Crippen LogP contribution is 2.31. The standard InChI is InChI=1S/C21H23N5O3/c1-26-13-16(23-21(27)22-15-9-6-10-17(11-15)28-2)12-18(26)20-24-19(25-29-20)14-7-4-3-5-8-14/h3-11,16,18H,12-13H2,1-2H3,(H2,22,23,27)/t16-,18-/m0/s1. The van der Waals surface area contributed by atoms with Gasteiger partial charge in [-0.05, 0) is 25.6 Å². The number of methoxy groups -OCH3 is 1. The number of hydrogen-bond acceptors (Lipinski definition) is 6. The Morgan fingerprint density at radius 3 is 2.83 bits per heavy atom. The van der Waals surface area contributed by atoms with Crippen molar-refractivity contribution < 1.29 is 14.1 Å². The fourth-order valence-electron chi connectivity index (χ4n) is 3.52. The molecule has 0 saturated carbocycles. The number of aromatic nitrogens is 2. The molecule has 1 aliphatic rings. The van der Waals surface area contributed by atoms with E-state index in [1.54, 1.807) is 13.2 Å². The van der Waals surface area contributed by atoms with Crippen LogP contribution in [-0.2, 0) is 0 Å². The highest BCUT2D eigenvalue weighted by molar-refractivity contribution is 5.89. The molecule has 2 aromatic carbocycles. The van der Waals surface area contributed by atoms with Gasteiger partial charge in [0.1, 0.15) is 5.75 Å². The van der Waals surface area contributed by atoms with E-state index in [1.807, 2.05) is 55.6 Å². The van der Waals surface area contributed by atoms with Gasteiger partial charge in [-0.25, -0.2) is 4.79 Å². The second kappa shape index (κ2) is 8.32. The van der Waals surface area contributed by atoms with Crippen LogP contribution in [0.15, 0.2) is 59.1 Å². The van der Waals surface area contributed by atoms with Crippen LogP contribution >= 0.6 is 0 Å². The summed E-state index contributed by atoms with van der Waals surface area (Å²) in [6, 6.07) is 16.6. The minimum atomic E-state index is -0.257. The lowest BCUT2D eigenvalue weighted by Crippen LogP contribution is -2.39. The first-order valence-electron chi connectivity index (χ1n) is 9.43. The van der Waals surface area contributed by atoms with Gasteiger partial charge in [0.25, 0.3) is 0 Å². The largest absolute Gasteiger partial charge is 0.497 e. The number of carbonyl (C=O) groups is 1. The van der Waals surface area contributed by atoms with E-state index in [-0.39, 0.29) is 18.1 Å². The molecule has 1 saturated heterocycles. The Bertz CT molecular complexity index is 975. The van der Waals surface area contributed by atoms with Crippen molar-refractivity contribution in [2.45, 2.75) is 18.5 Å². The van der Waals surface area contributed by atoms with Crippen molar-refractivity contribution in [3.8, 4) is 17.1 Å². The SMILES string of the molecule is COc1cccc(NC(=O)N[C@H]2C[C@@H](c3nc(-c4ccccc4)no3)N(C)C2)c1. The van der Waals surface area contributed by atoms with Crippen LogP contribution in [-0.4, -0.2) is 47.8 Å². The van der Waals surface area contributed by atoms with Crippen LogP contribution in [0, 0.1) is 0 Å². The van der Waals surface area contributed by atoms with E-state index in [4.69, 9.17) is 9.26 Å². The average Bonchev–Trinajstić information content (AvgIpc) is 3.35. The summed E-state index contributed by atoms with van der Waals surface area (Å²) in [7, 11) is 3.58. The fourth-order valence-corrected chi connectivity index (χ4v) is 3.52. The van der Waals surface area contributed by atoms with E-state index in [0.717, 1.165) is 5.56 Å². The van der Waals surface area contributed by atoms with Gasteiger partial charge in [-0.15, -0.1) is 0 Å². The number of likely N-dealkylation sites (tertiary alicyclic amines) is 1. The summed E-state index contributed by atoms with van der Waals surface area (Å²) in [5.74, 6) is 1.82. The van der Waals surface area contributed by atoms with Crippen LogP contribution in [0.2, 0.25) is 0 Å². The number of carbonyl (C=O) groups excluding carboxylic acids is 1. The van der Waals surface area contributed by atoms with Gasteiger partial charge in [0.05, 0.1) is 13.2 Å². The monoisotopic (exact) mass is 393 g/mol. The van der Waals surface area contributed by atoms with Gasteiger partial charge >= 0.3 is 6.03 Å². The van der Waals surface area contributed by atoms with Crippen LogP contribution in [0.4, 0.5) is 10.5 Å².